The molecule has 6 nitrogen and oxygen atoms in total. The van der Waals surface area contributed by atoms with Crippen LogP contribution in [0.25, 0.3) is 0 Å². The molecule has 4 rings (SSSR count). The van der Waals surface area contributed by atoms with Crippen molar-refractivity contribution >= 4 is 40.6 Å². The van der Waals surface area contributed by atoms with Gasteiger partial charge in [-0.1, -0.05) is 17.7 Å². The number of anilines is 1. The molecule has 0 saturated heterocycles. The van der Waals surface area contributed by atoms with Gasteiger partial charge in [-0.2, -0.15) is 0 Å². The van der Waals surface area contributed by atoms with E-state index in [1.807, 2.05) is 25.3 Å². The largest absolute Gasteiger partial charge is 0.491 e. The second-order valence-corrected chi connectivity index (χ2v) is 10.0. The number of hydrogen-bond donors (Lipinski definition) is 1. The van der Waals surface area contributed by atoms with Crippen LogP contribution < -0.4 is 10.1 Å². The van der Waals surface area contributed by atoms with Crippen LogP contribution in [0, 0.1) is 5.82 Å². The van der Waals surface area contributed by atoms with Gasteiger partial charge in [0, 0.05) is 28.2 Å². The first kappa shape index (κ1) is 25.0. The van der Waals surface area contributed by atoms with Gasteiger partial charge in [0.15, 0.2) is 0 Å². The molecule has 1 aliphatic rings. The maximum Gasteiger partial charge on any atom is 0.322 e. The van der Waals surface area contributed by atoms with E-state index in [9.17, 15) is 14.0 Å². The molecule has 3 aromatic rings. The zero-order valence-electron chi connectivity index (χ0n) is 19.5. The van der Waals surface area contributed by atoms with Gasteiger partial charge in [-0.25, -0.2) is 9.18 Å². The Morgan fingerprint density at radius 3 is 2.71 bits per heavy atom. The number of fused-ring (bicyclic) bond motifs is 1. The highest BCUT2D eigenvalue weighted by atomic mass is 35.5. The van der Waals surface area contributed by atoms with Gasteiger partial charge >= 0.3 is 6.03 Å². The van der Waals surface area contributed by atoms with Crippen LogP contribution in [-0.2, 0) is 11.2 Å². The van der Waals surface area contributed by atoms with Crippen molar-refractivity contribution < 1.29 is 18.7 Å². The smallest absolute Gasteiger partial charge is 0.322 e. The van der Waals surface area contributed by atoms with Crippen molar-refractivity contribution in [2.45, 2.75) is 32.4 Å². The number of carbonyl (C=O) groups excluding carboxylic acids is 2. The molecule has 1 aromatic heterocycles. The molecular weight excluding hydrogens is 489 g/mol. The van der Waals surface area contributed by atoms with E-state index in [1.165, 1.54) is 21.9 Å². The minimum Gasteiger partial charge on any atom is -0.491 e. The number of nitrogens with zero attached hydrogens (tertiary/aromatic N) is 2. The highest BCUT2D eigenvalue weighted by Crippen LogP contribution is 2.34. The van der Waals surface area contributed by atoms with E-state index in [0.29, 0.717) is 23.0 Å². The molecule has 2 heterocycles. The molecule has 184 valence electrons. The fourth-order valence-corrected chi connectivity index (χ4v) is 5.19. The number of rotatable bonds is 7. The number of carbonyl (C=O) groups is 2. The molecule has 0 bridgehead atoms. The Bertz CT molecular complexity index is 1180. The Balaban J connectivity index is 1.48. The van der Waals surface area contributed by atoms with Gasteiger partial charge in [0.25, 0.3) is 0 Å². The molecule has 0 spiro atoms. The van der Waals surface area contributed by atoms with Crippen LogP contribution in [0.2, 0.25) is 5.02 Å². The Kier molecular flexibility index (Phi) is 7.93. The highest BCUT2D eigenvalue weighted by Gasteiger charge is 2.34. The Labute approximate surface area is 213 Å². The summed E-state index contributed by atoms with van der Waals surface area (Å²) < 4.78 is 19.2. The molecule has 35 heavy (non-hydrogen) atoms. The van der Waals surface area contributed by atoms with E-state index in [2.05, 4.69) is 5.32 Å². The Hall–Kier alpha value is -3.10. The molecule has 0 fully saturated rings. The van der Waals surface area contributed by atoms with Crippen molar-refractivity contribution in [2.24, 2.45) is 0 Å². The quantitative estimate of drug-likeness (QED) is 0.420. The lowest BCUT2D eigenvalue weighted by Crippen LogP contribution is -2.50. The lowest BCUT2D eigenvalue weighted by molar-refractivity contribution is -0.135. The summed E-state index contributed by atoms with van der Waals surface area (Å²) in [6, 6.07) is 13.8. The van der Waals surface area contributed by atoms with Crippen LogP contribution in [0.15, 0.2) is 60.0 Å². The van der Waals surface area contributed by atoms with E-state index in [4.69, 9.17) is 16.3 Å². The van der Waals surface area contributed by atoms with Crippen molar-refractivity contribution in [3.8, 4) is 5.75 Å². The normalized spacial score (nSPS) is 15.0. The molecule has 1 N–H and O–H groups in total. The maximum absolute atomic E-state index is 13.5. The van der Waals surface area contributed by atoms with Crippen LogP contribution in [0.5, 0.6) is 5.75 Å². The van der Waals surface area contributed by atoms with Crippen LogP contribution in [0.4, 0.5) is 14.9 Å². The molecule has 2 aromatic carbocycles. The predicted molar refractivity (Wildman–Crippen MR) is 137 cm³/mol. The molecule has 3 amide bonds. The molecular formula is C26H27ClFN3O3S. The molecule has 1 aliphatic heterocycles. The topological polar surface area (TPSA) is 61.9 Å². The first-order valence-corrected chi connectivity index (χ1v) is 12.6. The third-order valence-electron chi connectivity index (χ3n) is 5.90. The summed E-state index contributed by atoms with van der Waals surface area (Å²) in [6.45, 7) is 4.43. The Morgan fingerprint density at radius 2 is 2.00 bits per heavy atom. The Morgan fingerprint density at radius 1 is 1.23 bits per heavy atom. The van der Waals surface area contributed by atoms with E-state index >= 15 is 0 Å². The van der Waals surface area contributed by atoms with Crippen LogP contribution in [0.3, 0.4) is 0 Å². The average Bonchev–Trinajstić information content (AvgIpc) is 3.31. The molecule has 0 unspecified atom stereocenters. The van der Waals surface area contributed by atoms with Crippen LogP contribution in [-0.4, -0.2) is 47.5 Å². The van der Waals surface area contributed by atoms with Gasteiger partial charge in [0.2, 0.25) is 5.91 Å². The van der Waals surface area contributed by atoms with Gasteiger partial charge in [-0.3, -0.25) is 4.79 Å². The minimum absolute atomic E-state index is 0.0728. The number of hydrogen-bond acceptors (Lipinski definition) is 4. The van der Waals surface area contributed by atoms with Crippen molar-refractivity contribution in [3.05, 3.63) is 81.3 Å². The number of amides is 3. The number of nitrogens with one attached hydrogen (secondary N) is 1. The van der Waals surface area contributed by atoms with Crippen molar-refractivity contribution in [3.63, 3.8) is 0 Å². The first-order chi connectivity index (χ1) is 16.8. The summed E-state index contributed by atoms with van der Waals surface area (Å²) in [5.41, 5.74) is 1.61. The minimum atomic E-state index is -0.372. The fraction of sp³-hybridized carbons (Fsp3) is 0.308. The third-order valence-corrected chi connectivity index (χ3v) is 7.13. The summed E-state index contributed by atoms with van der Waals surface area (Å²) in [4.78, 5) is 31.0. The van der Waals surface area contributed by atoms with E-state index in [-0.39, 0.29) is 43.0 Å². The molecule has 0 saturated carbocycles. The summed E-state index contributed by atoms with van der Waals surface area (Å²) in [5, 5.41) is 5.35. The summed E-state index contributed by atoms with van der Waals surface area (Å²) >= 11 is 7.69. The predicted octanol–water partition coefficient (Wildman–Crippen LogP) is 5.99. The second-order valence-electron chi connectivity index (χ2n) is 8.58. The molecule has 0 aliphatic carbocycles. The second kappa shape index (κ2) is 11.1. The van der Waals surface area contributed by atoms with Crippen molar-refractivity contribution in [1.29, 1.82) is 0 Å². The number of ether oxygens (including phenoxy) is 1. The van der Waals surface area contributed by atoms with Crippen molar-refractivity contribution in [1.82, 2.24) is 9.80 Å². The first-order valence-electron chi connectivity index (χ1n) is 11.4. The summed E-state index contributed by atoms with van der Waals surface area (Å²) in [6.07, 6.45) is 0.752. The summed E-state index contributed by atoms with van der Waals surface area (Å²) in [5.74, 6) is 0.0344. The number of benzene rings is 2. The SMILES string of the molecule is CC(C)N(CC(=O)N1CCc2sccc2[C@@H]1COc1ccc(F)cc1)C(=O)Nc1cccc(Cl)c1. The molecule has 0 radical (unpaired) electrons. The average molecular weight is 516 g/mol. The number of halogens is 2. The van der Waals surface area contributed by atoms with Gasteiger partial charge in [0.1, 0.15) is 24.7 Å². The summed E-state index contributed by atoms with van der Waals surface area (Å²) in [7, 11) is 0. The zero-order chi connectivity index (χ0) is 24.9. The maximum atomic E-state index is 13.5. The van der Waals surface area contributed by atoms with Crippen molar-refractivity contribution in [2.75, 3.05) is 25.0 Å². The van der Waals surface area contributed by atoms with Gasteiger partial charge < -0.3 is 19.9 Å². The van der Waals surface area contributed by atoms with E-state index < -0.39 is 0 Å². The number of urea groups is 1. The molecule has 1 atom stereocenters. The zero-order valence-corrected chi connectivity index (χ0v) is 21.1. The van der Waals surface area contributed by atoms with E-state index in [1.54, 1.807) is 52.6 Å². The highest BCUT2D eigenvalue weighted by molar-refractivity contribution is 7.10. The van der Waals surface area contributed by atoms with Crippen LogP contribution >= 0.6 is 22.9 Å². The molecule has 9 heteroatoms. The number of thiophene rings is 1. The fourth-order valence-electron chi connectivity index (χ4n) is 4.07. The standard InChI is InChI=1S/C26H27ClFN3O3S/c1-17(2)31(26(33)29-20-5-3-4-18(27)14-20)15-25(32)30-12-10-24-22(11-13-35-24)23(30)16-34-21-8-6-19(28)7-9-21/h3-9,11,13-14,17,23H,10,12,15-16H2,1-2H3,(H,29,33)/t23-/m0/s1. The van der Waals surface area contributed by atoms with Gasteiger partial charge in [0.05, 0.1) is 6.04 Å². The van der Waals surface area contributed by atoms with E-state index in [0.717, 1.165) is 12.0 Å². The monoisotopic (exact) mass is 515 g/mol. The lowest BCUT2D eigenvalue weighted by atomic mass is 10.0. The lowest BCUT2D eigenvalue weighted by Gasteiger charge is -2.37. The van der Waals surface area contributed by atoms with Gasteiger partial charge in [-0.05, 0) is 79.7 Å². The van der Waals surface area contributed by atoms with Gasteiger partial charge in [-0.15, -0.1) is 11.3 Å². The van der Waals surface area contributed by atoms with Crippen LogP contribution in [0.1, 0.15) is 30.3 Å². The third kappa shape index (κ3) is 6.13.